The van der Waals surface area contributed by atoms with Gasteiger partial charge in [-0.15, -0.1) is 11.3 Å². The molecule has 1 unspecified atom stereocenters. The van der Waals surface area contributed by atoms with Crippen LogP contribution in [-0.2, 0) is 11.3 Å². The molecule has 0 amide bonds. The normalized spacial score (nSPS) is 26.8. The molecule has 3 rings (SSSR count). The quantitative estimate of drug-likeness (QED) is 0.846. The minimum atomic E-state index is 0.683. The van der Waals surface area contributed by atoms with Crippen molar-refractivity contribution in [2.24, 2.45) is 0 Å². The van der Waals surface area contributed by atoms with Crippen molar-refractivity contribution < 1.29 is 4.74 Å². The van der Waals surface area contributed by atoms with Gasteiger partial charge in [0.25, 0.3) is 0 Å². The summed E-state index contributed by atoms with van der Waals surface area (Å²) in [4.78, 5) is 6.62. The number of hydrogen-bond acceptors (Lipinski definition) is 4. The van der Waals surface area contributed by atoms with Crippen LogP contribution < -0.4 is 0 Å². The van der Waals surface area contributed by atoms with Gasteiger partial charge >= 0.3 is 0 Å². The van der Waals surface area contributed by atoms with Gasteiger partial charge in [0.05, 0.1) is 10.4 Å². The van der Waals surface area contributed by atoms with Gasteiger partial charge in [-0.3, -0.25) is 9.80 Å². The third-order valence-electron chi connectivity index (χ3n) is 3.84. The van der Waals surface area contributed by atoms with E-state index in [0.29, 0.717) is 6.04 Å². The van der Waals surface area contributed by atoms with E-state index >= 15 is 0 Å². The van der Waals surface area contributed by atoms with Gasteiger partial charge in [0.1, 0.15) is 0 Å². The van der Waals surface area contributed by atoms with E-state index in [-0.39, 0.29) is 0 Å². The summed E-state index contributed by atoms with van der Waals surface area (Å²) in [5, 5.41) is 0. The highest BCUT2D eigenvalue weighted by Crippen LogP contribution is 2.24. The largest absolute Gasteiger partial charge is 0.380 e. The summed E-state index contributed by atoms with van der Waals surface area (Å²) in [7, 11) is 0. The van der Waals surface area contributed by atoms with E-state index in [4.69, 9.17) is 4.74 Å². The van der Waals surface area contributed by atoms with Crippen molar-refractivity contribution in [3.05, 3.63) is 20.8 Å². The summed E-state index contributed by atoms with van der Waals surface area (Å²) in [6.07, 6.45) is 1.22. The van der Waals surface area contributed by atoms with E-state index in [2.05, 4.69) is 37.9 Å². The number of hydrogen-bond donors (Lipinski definition) is 0. The Hall–Kier alpha value is 0.0600. The molecular weight excluding hydrogens is 312 g/mol. The fourth-order valence-corrected chi connectivity index (χ4v) is 4.28. The predicted molar refractivity (Wildman–Crippen MR) is 78.1 cm³/mol. The Morgan fingerprint density at radius 2 is 2.11 bits per heavy atom. The van der Waals surface area contributed by atoms with Crippen LogP contribution in [0.5, 0.6) is 0 Å². The van der Waals surface area contributed by atoms with Crippen molar-refractivity contribution >= 4 is 27.3 Å². The van der Waals surface area contributed by atoms with Gasteiger partial charge in [0, 0.05) is 50.2 Å². The summed E-state index contributed by atoms with van der Waals surface area (Å²) in [6.45, 7) is 7.76. The molecule has 2 fully saturated rings. The first-order valence-corrected chi connectivity index (χ1v) is 8.20. The van der Waals surface area contributed by atoms with Gasteiger partial charge in [-0.1, -0.05) is 0 Å². The van der Waals surface area contributed by atoms with E-state index in [1.807, 2.05) is 11.3 Å². The van der Waals surface area contributed by atoms with Crippen LogP contribution in [0.1, 0.15) is 11.3 Å². The molecule has 0 aliphatic carbocycles. The lowest BCUT2D eigenvalue weighted by Gasteiger charge is -2.37. The Bertz CT molecular complexity index is 384. The predicted octanol–water partition coefficient (Wildman–Crippen LogP) is 2.42. The zero-order valence-corrected chi connectivity index (χ0v) is 12.9. The molecule has 0 saturated carbocycles. The lowest BCUT2D eigenvalue weighted by Crippen LogP contribution is -2.50. The number of piperazine rings is 1. The number of rotatable bonds is 3. The second kappa shape index (κ2) is 6.01. The molecule has 1 aromatic rings. The van der Waals surface area contributed by atoms with Crippen molar-refractivity contribution in [1.82, 2.24) is 9.80 Å². The van der Waals surface area contributed by atoms with Crippen molar-refractivity contribution in [2.45, 2.75) is 19.0 Å². The summed E-state index contributed by atoms with van der Waals surface area (Å²) < 4.78 is 6.71. The Morgan fingerprint density at radius 3 is 2.72 bits per heavy atom. The van der Waals surface area contributed by atoms with Crippen LogP contribution in [0.2, 0.25) is 0 Å². The molecule has 5 heteroatoms. The summed E-state index contributed by atoms with van der Waals surface area (Å²) >= 11 is 5.38. The lowest BCUT2D eigenvalue weighted by atomic mass is 10.2. The van der Waals surface area contributed by atoms with Crippen molar-refractivity contribution in [1.29, 1.82) is 0 Å². The van der Waals surface area contributed by atoms with E-state index in [0.717, 1.165) is 19.8 Å². The molecule has 1 aromatic heterocycles. The smallest absolute Gasteiger partial charge is 0.0701 e. The number of nitrogens with zero attached hydrogens (tertiary/aromatic N) is 2. The molecule has 0 radical (unpaired) electrons. The lowest BCUT2D eigenvalue weighted by molar-refractivity contribution is 0.0819. The second-order valence-corrected chi connectivity index (χ2v) is 7.58. The minimum absolute atomic E-state index is 0.683. The SMILES string of the molecule is Brc1ccc(CN2CCN(C3CCOC3)CC2)s1. The van der Waals surface area contributed by atoms with Crippen molar-refractivity contribution in [2.75, 3.05) is 39.4 Å². The van der Waals surface area contributed by atoms with Gasteiger partial charge < -0.3 is 4.74 Å². The van der Waals surface area contributed by atoms with Crippen LogP contribution in [0, 0.1) is 0 Å². The monoisotopic (exact) mass is 330 g/mol. The van der Waals surface area contributed by atoms with Crippen LogP contribution in [0.25, 0.3) is 0 Å². The summed E-state index contributed by atoms with van der Waals surface area (Å²) in [5.74, 6) is 0. The standard InChI is InChI=1S/C13H19BrN2OS/c14-13-2-1-12(18-13)9-15-4-6-16(7-5-15)11-3-8-17-10-11/h1-2,11H,3-10H2. The van der Waals surface area contributed by atoms with Gasteiger partial charge in [-0.2, -0.15) is 0 Å². The fraction of sp³-hybridized carbons (Fsp3) is 0.692. The van der Waals surface area contributed by atoms with Gasteiger partial charge in [0.15, 0.2) is 0 Å². The zero-order valence-electron chi connectivity index (χ0n) is 10.5. The molecule has 2 aliphatic heterocycles. The number of halogens is 1. The van der Waals surface area contributed by atoms with Gasteiger partial charge in [-0.05, 0) is 34.5 Å². The molecule has 2 saturated heterocycles. The molecule has 0 N–H and O–H groups in total. The third-order valence-corrected chi connectivity index (χ3v) is 5.45. The van der Waals surface area contributed by atoms with E-state index in [1.165, 1.54) is 41.3 Å². The highest BCUT2D eigenvalue weighted by atomic mass is 79.9. The molecular formula is C13H19BrN2OS. The molecule has 0 aromatic carbocycles. The number of ether oxygens (including phenoxy) is 1. The third kappa shape index (κ3) is 3.14. The zero-order chi connectivity index (χ0) is 12.4. The summed E-state index contributed by atoms with van der Waals surface area (Å²) in [5.41, 5.74) is 0. The second-order valence-electron chi connectivity index (χ2n) is 5.04. The minimum Gasteiger partial charge on any atom is -0.380 e. The Balaban J connectivity index is 1.47. The van der Waals surface area contributed by atoms with E-state index in [9.17, 15) is 0 Å². The highest BCUT2D eigenvalue weighted by Gasteiger charge is 2.26. The fourth-order valence-electron chi connectivity index (χ4n) is 2.75. The topological polar surface area (TPSA) is 15.7 Å². The van der Waals surface area contributed by atoms with Crippen LogP contribution in [0.4, 0.5) is 0 Å². The maximum Gasteiger partial charge on any atom is 0.0701 e. The Kier molecular flexibility index (Phi) is 4.36. The van der Waals surface area contributed by atoms with Crippen LogP contribution >= 0.6 is 27.3 Å². The number of thiophene rings is 1. The summed E-state index contributed by atoms with van der Waals surface area (Å²) in [6, 6.07) is 5.06. The van der Waals surface area contributed by atoms with E-state index in [1.54, 1.807) is 0 Å². The average Bonchev–Trinajstić information content (AvgIpc) is 3.02. The molecule has 3 nitrogen and oxygen atoms in total. The van der Waals surface area contributed by atoms with Crippen LogP contribution in [-0.4, -0.2) is 55.2 Å². The molecule has 3 heterocycles. The van der Waals surface area contributed by atoms with E-state index < -0.39 is 0 Å². The molecule has 100 valence electrons. The molecule has 0 bridgehead atoms. The molecule has 0 spiro atoms. The first kappa shape index (κ1) is 13.1. The highest BCUT2D eigenvalue weighted by molar-refractivity contribution is 9.11. The molecule has 1 atom stereocenters. The van der Waals surface area contributed by atoms with Crippen LogP contribution in [0.15, 0.2) is 15.9 Å². The Labute approximate surface area is 121 Å². The average molecular weight is 331 g/mol. The molecule has 2 aliphatic rings. The van der Waals surface area contributed by atoms with Crippen molar-refractivity contribution in [3.8, 4) is 0 Å². The Morgan fingerprint density at radius 1 is 1.28 bits per heavy atom. The maximum absolute atomic E-state index is 5.48. The van der Waals surface area contributed by atoms with Gasteiger partial charge in [-0.25, -0.2) is 0 Å². The molecule has 18 heavy (non-hydrogen) atoms. The maximum atomic E-state index is 5.48. The van der Waals surface area contributed by atoms with Crippen molar-refractivity contribution in [3.63, 3.8) is 0 Å². The first-order chi connectivity index (χ1) is 8.81. The van der Waals surface area contributed by atoms with Gasteiger partial charge in [0.2, 0.25) is 0 Å². The first-order valence-electron chi connectivity index (χ1n) is 6.59. The van der Waals surface area contributed by atoms with Crippen LogP contribution in [0.3, 0.4) is 0 Å².